The van der Waals surface area contributed by atoms with Crippen molar-refractivity contribution in [1.29, 1.82) is 0 Å². The molecule has 0 aromatic heterocycles. The van der Waals surface area contributed by atoms with E-state index in [1.807, 2.05) is 6.07 Å². The standard InChI is InChI=1S/C15H20N2O3/c1-17(15(20)12-5-3-2-4-6-12)10-14(19)16-9-11-7-13(18)8-11/h2-6,11,13,18H,7-10H2,1H3,(H,16,19). The molecule has 1 aliphatic rings. The lowest BCUT2D eigenvalue weighted by Crippen LogP contribution is -2.43. The number of aliphatic hydroxyl groups is 1. The molecule has 0 heterocycles. The number of hydrogen-bond acceptors (Lipinski definition) is 3. The van der Waals surface area contributed by atoms with Crippen LogP contribution in [0.5, 0.6) is 0 Å². The molecule has 1 fully saturated rings. The SMILES string of the molecule is CN(CC(=O)NCC1CC(O)C1)C(=O)c1ccccc1. The van der Waals surface area contributed by atoms with E-state index in [-0.39, 0.29) is 24.5 Å². The normalized spacial score (nSPS) is 20.9. The van der Waals surface area contributed by atoms with Crippen molar-refractivity contribution >= 4 is 11.8 Å². The molecule has 0 aliphatic heterocycles. The van der Waals surface area contributed by atoms with E-state index in [1.54, 1.807) is 31.3 Å². The Morgan fingerprint density at radius 2 is 1.95 bits per heavy atom. The number of nitrogens with zero attached hydrogens (tertiary/aromatic N) is 1. The molecule has 5 heteroatoms. The van der Waals surface area contributed by atoms with Gasteiger partial charge in [0.1, 0.15) is 0 Å². The van der Waals surface area contributed by atoms with Crippen LogP contribution in [0.25, 0.3) is 0 Å². The van der Waals surface area contributed by atoms with Crippen LogP contribution in [-0.4, -0.2) is 48.1 Å². The van der Waals surface area contributed by atoms with Gasteiger partial charge in [0.2, 0.25) is 5.91 Å². The van der Waals surface area contributed by atoms with E-state index in [1.165, 1.54) is 4.90 Å². The summed E-state index contributed by atoms with van der Waals surface area (Å²) in [5.74, 6) is 0.0297. The second-order valence-electron chi connectivity index (χ2n) is 5.32. The molecule has 5 nitrogen and oxygen atoms in total. The van der Waals surface area contributed by atoms with Gasteiger partial charge in [-0.15, -0.1) is 0 Å². The summed E-state index contributed by atoms with van der Waals surface area (Å²) in [5.41, 5.74) is 0.574. The van der Waals surface area contributed by atoms with Crippen molar-refractivity contribution in [2.75, 3.05) is 20.1 Å². The largest absolute Gasteiger partial charge is 0.393 e. The van der Waals surface area contributed by atoms with E-state index in [4.69, 9.17) is 5.11 Å². The van der Waals surface area contributed by atoms with Gasteiger partial charge in [0.15, 0.2) is 0 Å². The Labute approximate surface area is 118 Å². The molecule has 20 heavy (non-hydrogen) atoms. The van der Waals surface area contributed by atoms with Crippen LogP contribution in [0.3, 0.4) is 0 Å². The Balaban J connectivity index is 1.74. The fourth-order valence-electron chi connectivity index (χ4n) is 2.27. The Morgan fingerprint density at radius 3 is 2.55 bits per heavy atom. The van der Waals surface area contributed by atoms with Crippen molar-refractivity contribution < 1.29 is 14.7 Å². The summed E-state index contributed by atoms with van der Waals surface area (Å²) in [4.78, 5) is 25.2. The van der Waals surface area contributed by atoms with Crippen molar-refractivity contribution in [1.82, 2.24) is 10.2 Å². The van der Waals surface area contributed by atoms with Crippen LogP contribution < -0.4 is 5.32 Å². The molecular formula is C15H20N2O3. The smallest absolute Gasteiger partial charge is 0.254 e. The molecule has 2 N–H and O–H groups in total. The maximum Gasteiger partial charge on any atom is 0.254 e. The average Bonchev–Trinajstić information content (AvgIpc) is 2.42. The maximum atomic E-state index is 12.0. The van der Waals surface area contributed by atoms with Gasteiger partial charge < -0.3 is 15.3 Å². The summed E-state index contributed by atoms with van der Waals surface area (Å²) in [6, 6.07) is 8.89. The first-order chi connectivity index (χ1) is 9.56. The van der Waals surface area contributed by atoms with Gasteiger partial charge in [0.25, 0.3) is 5.91 Å². The Kier molecular flexibility index (Phi) is 4.74. The highest BCUT2D eigenvalue weighted by Crippen LogP contribution is 2.25. The molecule has 0 bridgehead atoms. The fraction of sp³-hybridized carbons (Fsp3) is 0.467. The summed E-state index contributed by atoms with van der Waals surface area (Å²) >= 11 is 0. The number of carbonyl (C=O) groups is 2. The van der Waals surface area contributed by atoms with Crippen LogP contribution in [0, 0.1) is 5.92 Å². The van der Waals surface area contributed by atoms with Gasteiger partial charge in [0.05, 0.1) is 12.6 Å². The Morgan fingerprint density at radius 1 is 1.30 bits per heavy atom. The van der Waals surface area contributed by atoms with Crippen LogP contribution >= 0.6 is 0 Å². The lowest BCUT2D eigenvalue weighted by molar-refractivity contribution is -0.122. The summed E-state index contributed by atoms with van der Waals surface area (Å²) in [6.07, 6.45) is 1.29. The first-order valence-corrected chi connectivity index (χ1v) is 6.81. The average molecular weight is 276 g/mol. The van der Waals surface area contributed by atoms with E-state index in [2.05, 4.69) is 5.32 Å². The molecule has 1 saturated carbocycles. The van der Waals surface area contributed by atoms with Crippen LogP contribution in [-0.2, 0) is 4.79 Å². The molecule has 1 aliphatic carbocycles. The predicted molar refractivity (Wildman–Crippen MR) is 75.1 cm³/mol. The number of carbonyl (C=O) groups excluding carboxylic acids is 2. The quantitative estimate of drug-likeness (QED) is 0.829. The number of nitrogens with one attached hydrogen (secondary N) is 1. The highest BCUT2D eigenvalue weighted by atomic mass is 16.3. The number of aliphatic hydroxyl groups excluding tert-OH is 1. The predicted octanol–water partition coefficient (Wildman–Crippen LogP) is 0.646. The molecule has 0 radical (unpaired) electrons. The number of benzene rings is 1. The molecule has 1 aromatic rings. The van der Waals surface area contributed by atoms with Gasteiger partial charge in [-0.1, -0.05) is 18.2 Å². The third-order valence-corrected chi connectivity index (χ3v) is 3.55. The Bertz CT molecular complexity index is 469. The molecule has 0 atom stereocenters. The fourth-order valence-corrected chi connectivity index (χ4v) is 2.27. The number of rotatable bonds is 5. The first kappa shape index (κ1) is 14.5. The van der Waals surface area contributed by atoms with Gasteiger partial charge in [-0.2, -0.15) is 0 Å². The second kappa shape index (κ2) is 6.52. The molecule has 2 rings (SSSR count). The third-order valence-electron chi connectivity index (χ3n) is 3.55. The van der Waals surface area contributed by atoms with Crippen molar-refractivity contribution in [2.24, 2.45) is 5.92 Å². The van der Waals surface area contributed by atoms with Crippen molar-refractivity contribution in [3.8, 4) is 0 Å². The number of hydrogen-bond donors (Lipinski definition) is 2. The number of amides is 2. The molecule has 0 spiro atoms. The highest BCUT2D eigenvalue weighted by Gasteiger charge is 2.27. The molecule has 108 valence electrons. The molecule has 0 saturated heterocycles. The van der Waals surface area contributed by atoms with Crippen molar-refractivity contribution in [3.63, 3.8) is 0 Å². The zero-order valence-electron chi connectivity index (χ0n) is 11.6. The summed E-state index contributed by atoms with van der Waals surface area (Å²) in [5, 5.41) is 12.0. The minimum absolute atomic E-state index is 0.0446. The molecular weight excluding hydrogens is 256 g/mol. The molecule has 2 amide bonds. The minimum Gasteiger partial charge on any atom is -0.393 e. The van der Waals surface area contributed by atoms with Crippen LogP contribution in [0.1, 0.15) is 23.2 Å². The van der Waals surface area contributed by atoms with Crippen LogP contribution in [0.4, 0.5) is 0 Å². The monoisotopic (exact) mass is 276 g/mol. The van der Waals surface area contributed by atoms with E-state index >= 15 is 0 Å². The topological polar surface area (TPSA) is 69.6 Å². The Hall–Kier alpha value is -1.88. The molecule has 1 aromatic carbocycles. The van der Waals surface area contributed by atoms with Gasteiger partial charge >= 0.3 is 0 Å². The zero-order chi connectivity index (χ0) is 14.5. The van der Waals surface area contributed by atoms with Gasteiger partial charge in [-0.05, 0) is 30.9 Å². The lowest BCUT2D eigenvalue weighted by Gasteiger charge is -2.31. The van der Waals surface area contributed by atoms with Gasteiger partial charge in [-0.25, -0.2) is 0 Å². The van der Waals surface area contributed by atoms with Crippen molar-refractivity contribution in [3.05, 3.63) is 35.9 Å². The second-order valence-corrected chi connectivity index (χ2v) is 5.32. The van der Waals surface area contributed by atoms with E-state index in [0.29, 0.717) is 18.0 Å². The third kappa shape index (κ3) is 3.81. The lowest BCUT2D eigenvalue weighted by atomic mass is 9.82. The zero-order valence-corrected chi connectivity index (χ0v) is 11.6. The van der Waals surface area contributed by atoms with Crippen molar-refractivity contribution in [2.45, 2.75) is 18.9 Å². The first-order valence-electron chi connectivity index (χ1n) is 6.81. The van der Waals surface area contributed by atoms with E-state index < -0.39 is 0 Å². The number of likely N-dealkylation sites (N-methyl/N-ethyl adjacent to an activating group) is 1. The summed E-state index contributed by atoms with van der Waals surface area (Å²) < 4.78 is 0. The minimum atomic E-state index is -0.209. The van der Waals surface area contributed by atoms with E-state index in [0.717, 1.165) is 12.8 Å². The maximum absolute atomic E-state index is 12.0. The van der Waals surface area contributed by atoms with Gasteiger partial charge in [-0.3, -0.25) is 9.59 Å². The van der Waals surface area contributed by atoms with Crippen LogP contribution in [0.15, 0.2) is 30.3 Å². The van der Waals surface area contributed by atoms with Gasteiger partial charge in [0, 0.05) is 19.2 Å². The van der Waals surface area contributed by atoms with E-state index in [9.17, 15) is 9.59 Å². The molecule has 0 unspecified atom stereocenters. The highest BCUT2D eigenvalue weighted by molar-refractivity contribution is 5.96. The van der Waals surface area contributed by atoms with Crippen LogP contribution in [0.2, 0.25) is 0 Å². The summed E-state index contributed by atoms with van der Waals surface area (Å²) in [6.45, 7) is 0.617. The summed E-state index contributed by atoms with van der Waals surface area (Å²) in [7, 11) is 1.61.